The van der Waals surface area contributed by atoms with E-state index in [1.807, 2.05) is 13.8 Å². The number of allylic oxidation sites excluding steroid dienone is 2. The van der Waals surface area contributed by atoms with Crippen LogP contribution in [0.4, 0.5) is 0 Å². The molecule has 0 amide bonds. The van der Waals surface area contributed by atoms with E-state index >= 15 is 0 Å². The van der Waals surface area contributed by atoms with Crippen molar-refractivity contribution in [3.63, 3.8) is 0 Å². The lowest BCUT2D eigenvalue weighted by Gasteiger charge is -2.08. The Morgan fingerprint density at radius 1 is 1.12 bits per heavy atom. The Hall–Kier alpha value is -0.920. The van der Waals surface area contributed by atoms with Crippen molar-refractivity contribution in [2.24, 2.45) is 0 Å². The molecule has 1 heterocycles. The second-order valence-electron chi connectivity index (χ2n) is 1.70. The normalized spacial score (nSPS) is 17.8. The fourth-order valence-corrected chi connectivity index (χ4v) is 0.528. The molecule has 0 N–H and O–H groups in total. The van der Waals surface area contributed by atoms with Crippen LogP contribution < -0.4 is 0 Å². The summed E-state index contributed by atoms with van der Waals surface area (Å²) in [5.74, 6) is 1.59. The Bertz CT molecular complexity index is 129. The highest BCUT2D eigenvalue weighted by Gasteiger charge is 1.97. The summed E-state index contributed by atoms with van der Waals surface area (Å²) in [5, 5.41) is 0. The van der Waals surface area contributed by atoms with Gasteiger partial charge in [0.25, 0.3) is 0 Å². The lowest BCUT2D eigenvalue weighted by Crippen LogP contribution is -1.92. The minimum absolute atomic E-state index is 0.796. The Balaban J connectivity index is 2.57. The largest absolute Gasteiger partial charge is 0.466 e. The molecule has 0 saturated carbocycles. The molecule has 1 aliphatic heterocycles. The third-order valence-electron chi connectivity index (χ3n) is 0.790. The number of ether oxygens (including phenoxy) is 2. The van der Waals surface area contributed by atoms with E-state index in [2.05, 4.69) is 0 Å². The molecule has 2 nitrogen and oxygen atoms in total. The predicted octanol–water partition coefficient (Wildman–Crippen LogP) is 1.76. The van der Waals surface area contributed by atoms with Gasteiger partial charge in [0.15, 0.2) is 0 Å². The summed E-state index contributed by atoms with van der Waals surface area (Å²) in [6.07, 6.45) is 3.12. The van der Waals surface area contributed by atoms with Crippen molar-refractivity contribution in [3.8, 4) is 0 Å². The highest BCUT2D eigenvalue weighted by atomic mass is 16.5. The lowest BCUT2D eigenvalue weighted by molar-refractivity contribution is 0.226. The van der Waals surface area contributed by atoms with Crippen LogP contribution in [0.3, 0.4) is 0 Å². The van der Waals surface area contributed by atoms with E-state index in [0.717, 1.165) is 11.5 Å². The standard InChI is InChI=1S/C6H8O2/c1-5-3-7-4-6(2)8-5/h3-4H,1-2H3. The molecule has 44 valence electrons. The van der Waals surface area contributed by atoms with Crippen molar-refractivity contribution in [3.05, 3.63) is 24.0 Å². The van der Waals surface area contributed by atoms with Gasteiger partial charge in [0.05, 0.1) is 0 Å². The van der Waals surface area contributed by atoms with Gasteiger partial charge < -0.3 is 9.47 Å². The van der Waals surface area contributed by atoms with Crippen molar-refractivity contribution >= 4 is 0 Å². The van der Waals surface area contributed by atoms with Crippen LogP contribution in [-0.4, -0.2) is 0 Å². The maximum atomic E-state index is 5.08. The van der Waals surface area contributed by atoms with E-state index in [1.54, 1.807) is 12.5 Å². The van der Waals surface area contributed by atoms with E-state index in [4.69, 9.17) is 9.47 Å². The smallest absolute Gasteiger partial charge is 0.136 e. The van der Waals surface area contributed by atoms with Gasteiger partial charge in [-0.3, -0.25) is 0 Å². The molecule has 0 aromatic heterocycles. The molecular weight excluding hydrogens is 104 g/mol. The number of hydrogen-bond donors (Lipinski definition) is 0. The van der Waals surface area contributed by atoms with Gasteiger partial charge in [-0.25, -0.2) is 0 Å². The average molecular weight is 112 g/mol. The van der Waals surface area contributed by atoms with Crippen LogP contribution in [0.1, 0.15) is 13.8 Å². The van der Waals surface area contributed by atoms with Gasteiger partial charge in [-0.2, -0.15) is 0 Å². The maximum Gasteiger partial charge on any atom is 0.136 e. The van der Waals surface area contributed by atoms with E-state index in [9.17, 15) is 0 Å². The molecular formula is C6H8O2. The van der Waals surface area contributed by atoms with Crippen molar-refractivity contribution in [1.29, 1.82) is 0 Å². The van der Waals surface area contributed by atoms with Gasteiger partial charge in [0.2, 0.25) is 0 Å². The Morgan fingerprint density at radius 3 is 1.88 bits per heavy atom. The van der Waals surface area contributed by atoms with Gasteiger partial charge in [0, 0.05) is 0 Å². The summed E-state index contributed by atoms with van der Waals surface area (Å²) in [7, 11) is 0. The Morgan fingerprint density at radius 2 is 1.62 bits per heavy atom. The molecule has 1 rings (SSSR count). The molecule has 2 heteroatoms. The summed E-state index contributed by atoms with van der Waals surface area (Å²) in [4.78, 5) is 0. The van der Waals surface area contributed by atoms with Crippen LogP contribution in [-0.2, 0) is 9.47 Å². The fourth-order valence-electron chi connectivity index (χ4n) is 0.528. The molecule has 0 aromatic rings. The lowest BCUT2D eigenvalue weighted by atomic mass is 10.5. The van der Waals surface area contributed by atoms with E-state index in [0.29, 0.717) is 0 Å². The first-order valence-corrected chi connectivity index (χ1v) is 2.46. The first-order chi connectivity index (χ1) is 3.79. The first kappa shape index (κ1) is 5.22. The van der Waals surface area contributed by atoms with Crippen LogP contribution in [0.25, 0.3) is 0 Å². The monoisotopic (exact) mass is 112 g/mol. The van der Waals surface area contributed by atoms with Gasteiger partial charge in [-0.05, 0) is 13.8 Å². The zero-order valence-electron chi connectivity index (χ0n) is 4.97. The molecule has 0 radical (unpaired) electrons. The molecule has 0 spiro atoms. The molecule has 0 bridgehead atoms. The molecule has 0 saturated heterocycles. The molecule has 1 aliphatic rings. The summed E-state index contributed by atoms with van der Waals surface area (Å²) in [5.41, 5.74) is 0. The zero-order valence-corrected chi connectivity index (χ0v) is 4.97. The number of hydrogen-bond acceptors (Lipinski definition) is 2. The van der Waals surface area contributed by atoms with E-state index in [1.165, 1.54) is 0 Å². The van der Waals surface area contributed by atoms with Crippen molar-refractivity contribution in [1.82, 2.24) is 0 Å². The van der Waals surface area contributed by atoms with Crippen LogP contribution >= 0.6 is 0 Å². The van der Waals surface area contributed by atoms with Crippen LogP contribution in [0.15, 0.2) is 24.0 Å². The van der Waals surface area contributed by atoms with Gasteiger partial charge in [0.1, 0.15) is 24.0 Å². The summed E-state index contributed by atoms with van der Waals surface area (Å²) >= 11 is 0. The molecule has 0 aliphatic carbocycles. The second-order valence-corrected chi connectivity index (χ2v) is 1.70. The highest BCUT2D eigenvalue weighted by Crippen LogP contribution is 2.09. The molecule has 0 aromatic carbocycles. The van der Waals surface area contributed by atoms with Crippen molar-refractivity contribution in [2.75, 3.05) is 0 Å². The third-order valence-corrected chi connectivity index (χ3v) is 0.790. The van der Waals surface area contributed by atoms with Crippen LogP contribution in [0.5, 0.6) is 0 Å². The summed E-state index contributed by atoms with van der Waals surface area (Å²) in [6.45, 7) is 3.69. The van der Waals surface area contributed by atoms with Gasteiger partial charge in [-0.1, -0.05) is 0 Å². The van der Waals surface area contributed by atoms with Crippen LogP contribution in [0.2, 0.25) is 0 Å². The average Bonchev–Trinajstić information content (AvgIpc) is 1.64. The van der Waals surface area contributed by atoms with Crippen molar-refractivity contribution in [2.45, 2.75) is 13.8 Å². The third kappa shape index (κ3) is 1.03. The van der Waals surface area contributed by atoms with Gasteiger partial charge in [-0.15, -0.1) is 0 Å². The molecule has 8 heavy (non-hydrogen) atoms. The first-order valence-electron chi connectivity index (χ1n) is 2.46. The predicted molar refractivity (Wildman–Crippen MR) is 29.7 cm³/mol. The maximum absolute atomic E-state index is 5.08. The molecule has 0 fully saturated rings. The second kappa shape index (κ2) is 1.90. The quantitative estimate of drug-likeness (QED) is 0.475. The fraction of sp³-hybridized carbons (Fsp3) is 0.333. The Labute approximate surface area is 48.4 Å². The summed E-state index contributed by atoms with van der Waals surface area (Å²) < 4.78 is 9.93. The number of rotatable bonds is 0. The Kier molecular flexibility index (Phi) is 1.24. The SMILES string of the molecule is CC1=COC=C(C)O1. The summed E-state index contributed by atoms with van der Waals surface area (Å²) in [6, 6.07) is 0. The van der Waals surface area contributed by atoms with Crippen LogP contribution in [0, 0.1) is 0 Å². The molecule has 0 atom stereocenters. The van der Waals surface area contributed by atoms with Gasteiger partial charge >= 0.3 is 0 Å². The van der Waals surface area contributed by atoms with E-state index < -0.39 is 0 Å². The zero-order chi connectivity index (χ0) is 5.98. The minimum Gasteiger partial charge on any atom is -0.466 e. The minimum atomic E-state index is 0.796. The van der Waals surface area contributed by atoms with Crippen molar-refractivity contribution < 1.29 is 9.47 Å². The highest BCUT2D eigenvalue weighted by molar-refractivity contribution is 4.97. The van der Waals surface area contributed by atoms with E-state index in [-0.39, 0.29) is 0 Å². The molecule has 0 unspecified atom stereocenters. The topological polar surface area (TPSA) is 18.5 Å².